The third kappa shape index (κ3) is 4.09. The molecule has 5 heterocycles. The number of hydrogen-bond acceptors (Lipinski definition) is 6. The highest BCUT2D eigenvalue weighted by atomic mass is 32.1. The van der Waals surface area contributed by atoms with Gasteiger partial charge in [-0.2, -0.15) is 5.10 Å². The first-order valence-electron chi connectivity index (χ1n) is 10.6. The van der Waals surface area contributed by atoms with E-state index in [1.165, 1.54) is 9.75 Å². The van der Waals surface area contributed by atoms with E-state index in [4.69, 9.17) is 0 Å². The van der Waals surface area contributed by atoms with Crippen LogP contribution < -0.4 is 10.6 Å². The number of rotatable bonds is 4. The Kier molecular flexibility index (Phi) is 5.36. The topological polar surface area (TPSA) is 88.0 Å². The fourth-order valence-electron chi connectivity index (χ4n) is 4.27. The third-order valence-corrected chi connectivity index (χ3v) is 6.90. The molecule has 4 aromatic rings. The van der Waals surface area contributed by atoms with Gasteiger partial charge >= 0.3 is 6.03 Å². The molecule has 1 aliphatic heterocycles. The van der Waals surface area contributed by atoms with Crippen LogP contribution in [-0.4, -0.2) is 56.9 Å². The number of amides is 2. The molecule has 1 fully saturated rings. The standard InChI is InChI=1S/C23H25N7OS/c1-14-8-17(6-7-24-14)30-20-11-25-22(9-16(20)10-26-30)28-23(31)27-19-13-29(3)12-18(19)21-5-4-15(2)32-21/h4-11,18-19H,12-13H2,1-3H3,(H2,25,27,28,31)/t18-,19-/m0/s1. The van der Waals surface area contributed by atoms with Crippen molar-refractivity contribution in [2.24, 2.45) is 0 Å². The van der Waals surface area contributed by atoms with Crippen molar-refractivity contribution in [3.8, 4) is 5.69 Å². The zero-order chi connectivity index (χ0) is 22.2. The van der Waals surface area contributed by atoms with Crippen molar-refractivity contribution in [3.05, 3.63) is 64.4 Å². The Balaban J connectivity index is 1.30. The first-order chi connectivity index (χ1) is 15.5. The van der Waals surface area contributed by atoms with E-state index >= 15 is 0 Å². The Morgan fingerprint density at radius 1 is 1.12 bits per heavy atom. The minimum absolute atomic E-state index is 0.0551. The summed E-state index contributed by atoms with van der Waals surface area (Å²) in [5, 5.41) is 11.4. The number of thiophene rings is 1. The van der Waals surface area contributed by atoms with Crippen LogP contribution in [0.4, 0.5) is 10.6 Å². The smallest absolute Gasteiger partial charge is 0.320 e. The fourth-order valence-corrected chi connectivity index (χ4v) is 5.31. The predicted molar refractivity (Wildman–Crippen MR) is 127 cm³/mol. The largest absolute Gasteiger partial charge is 0.333 e. The molecule has 0 aromatic carbocycles. The summed E-state index contributed by atoms with van der Waals surface area (Å²) >= 11 is 1.80. The monoisotopic (exact) mass is 447 g/mol. The number of anilines is 1. The molecule has 0 aliphatic carbocycles. The molecule has 2 amide bonds. The van der Waals surface area contributed by atoms with Crippen molar-refractivity contribution in [3.63, 3.8) is 0 Å². The number of urea groups is 1. The van der Waals surface area contributed by atoms with Gasteiger partial charge in [-0.15, -0.1) is 11.3 Å². The zero-order valence-corrected chi connectivity index (χ0v) is 19.1. The highest BCUT2D eigenvalue weighted by Gasteiger charge is 2.34. The summed E-state index contributed by atoms with van der Waals surface area (Å²) < 4.78 is 1.82. The van der Waals surface area contributed by atoms with Gasteiger partial charge in [0.25, 0.3) is 0 Å². The summed E-state index contributed by atoms with van der Waals surface area (Å²) in [6, 6.07) is 9.84. The van der Waals surface area contributed by atoms with Gasteiger partial charge < -0.3 is 10.2 Å². The maximum absolute atomic E-state index is 12.8. The van der Waals surface area contributed by atoms with E-state index in [-0.39, 0.29) is 12.1 Å². The molecule has 0 spiro atoms. The van der Waals surface area contributed by atoms with E-state index < -0.39 is 0 Å². The van der Waals surface area contributed by atoms with Crippen LogP contribution >= 0.6 is 11.3 Å². The second-order valence-corrected chi connectivity index (χ2v) is 9.64. The molecule has 0 saturated carbocycles. The average Bonchev–Trinajstić information content (AvgIpc) is 3.46. The second-order valence-electron chi connectivity index (χ2n) is 8.32. The van der Waals surface area contributed by atoms with Crippen molar-refractivity contribution < 1.29 is 4.79 Å². The van der Waals surface area contributed by atoms with Crippen LogP contribution in [0, 0.1) is 13.8 Å². The van der Waals surface area contributed by atoms with E-state index in [1.807, 2.05) is 29.8 Å². The van der Waals surface area contributed by atoms with Crippen molar-refractivity contribution in [1.82, 2.24) is 30.0 Å². The molecular weight excluding hydrogens is 422 g/mol. The number of likely N-dealkylation sites (tertiary alicyclic amines) is 1. The minimum Gasteiger partial charge on any atom is -0.333 e. The molecule has 5 rings (SSSR count). The number of aromatic nitrogens is 4. The fraction of sp³-hybridized carbons (Fsp3) is 0.304. The van der Waals surface area contributed by atoms with Gasteiger partial charge in [0.15, 0.2) is 0 Å². The maximum atomic E-state index is 12.8. The number of nitrogens with zero attached hydrogens (tertiary/aromatic N) is 5. The SMILES string of the molecule is Cc1cc(-n2ncc3cc(NC(=O)N[C@H]4CN(C)C[C@@H]4c4ccc(C)s4)ncc32)ccn1. The van der Waals surface area contributed by atoms with Crippen molar-refractivity contribution in [2.75, 3.05) is 25.5 Å². The molecule has 0 unspecified atom stereocenters. The van der Waals surface area contributed by atoms with Gasteiger partial charge in [-0.05, 0) is 51.2 Å². The van der Waals surface area contributed by atoms with Crippen molar-refractivity contribution in [2.45, 2.75) is 25.8 Å². The summed E-state index contributed by atoms with van der Waals surface area (Å²) in [6.45, 7) is 5.81. The summed E-state index contributed by atoms with van der Waals surface area (Å²) in [5.74, 6) is 0.789. The summed E-state index contributed by atoms with van der Waals surface area (Å²) in [6.07, 6.45) is 5.27. The lowest BCUT2D eigenvalue weighted by Crippen LogP contribution is -2.42. The molecule has 0 radical (unpaired) electrons. The number of fused-ring (bicyclic) bond motifs is 1. The lowest BCUT2D eigenvalue weighted by Gasteiger charge is -2.19. The van der Waals surface area contributed by atoms with E-state index in [0.29, 0.717) is 11.7 Å². The van der Waals surface area contributed by atoms with E-state index in [0.717, 1.165) is 35.4 Å². The second kappa shape index (κ2) is 8.33. The molecule has 8 nitrogen and oxygen atoms in total. The number of carbonyl (C=O) groups excluding carboxylic acids is 1. The number of aryl methyl sites for hydroxylation is 2. The Morgan fingerprint density at radius 2 is 2.00 bits per heavy atom. The van der Waals surface area contributed by atoms with Gasteiger partial charge in [-0.1, -0.05) is 0 Å². The lowest BCUT2D eigenvalue weighted by atomic mass is 10.0. The normalized spacial score (nSPS) is 18.8. The van der Waals surface area contributed by atoms with Gasteiger partial charge in [0.1, 0.15) is 5.82 Å². The van der Waals surface area contributed by atoms with E-state index in [1.54, 1.807) is 29.9 Å². The van der Waals surface area contributed by atoms with Crippen LogP contribution in [0.5, 0.6) is 0 Å². The number of nitrogens with one attached hydrogen (secondary N) is 2. The van der Waals surface area contributed by atoms with Gasteiger partial charge in [0, 0.05) is 46.0 Å². The molecular formula is C23H25N7OS. The van der Waals surface area contributed by atoms with Crippen LogP contribution in [0.1, 0.15) is 21.4 Å². The molecule has 0 bridgehead atoms. The highest BCUT2D eigenvalue weighted by molar-refractivity contribution is 7.12. The molecule has 2 atom stereocenters. The summed E-state index contributed by atoms with van der Waals surface area (Å²) in [4.78, 5) is 26.3. The number of likely N-dealkylation sites (N-methyl/N-ethyl adjacent to an activating group) is 1. The van der Waals surface area contributed by atoms with E-state index in [2.05, 4.69) is 56.7 Å². The molecule has 1 saturated heterocycles. The third-order valence-electron chi connectivity index (χ3n) is 5.77. The number of pyridine rings is 2. The number of hydrogen-bond donors (Lipinski definition) is 2. The van der Waals surface area contributed by atoms with Crippen molar-refractivity contribution >= 4 is 34.1 Å². The Labute approximate surface area is 190 Å². The molecule has 4 aromatic heterocycles. The predicted octanol–water partition coefficient (Wildman–Crippen LogP) is 3.71. The summed E-state index contributed by atoms with van der Waals surface area (Å²) in [7, 11) is 2.09. The van der Waals surface area contributed by atoms with Crippen molar-refractivity contribution in [1.29, 1.82) is 0 Å². The van der Waals surface area contributed by atoms with Crippen LogP contribution in [-0.2, 0) is 0 Å². The van der Waals surface area contributed by atoms with Gasteiger partial charge in [-0.3, -0.25) is 10.3 Å². The number of carbonyl (C=O) groups is 1. The van der Waals surface area contributed by atoms with E-state index in [9.17, 15) is 4.79 Å². The van der Waals surface area contributed by atoms with Gasteiger partial charge in [0.05, 0.1) is 29.6 Å². The Hall–Kier alpha value is -3.30. The molecule has 9 heteroatoms. The minimum atomic E-state index is -0.243. The first kappa shape index (κ1) is 20.6. The van der Waals surface area contributed by atoms with Gasteiger partial charge in [0.2, 0.25) is 0 Å². The van der Waals surface area contributed by atoms with Crippen LogP contribution in [0.2, 0.25) is 0 Å². The Bertz CT molecular complexity index is 1280. The van der Waals surface area contributed by atoms with Crippen LogP contribution in [0.3, 0.4) is 0 Å². The molecule has 1 aliphatic rings. The summed E-state index contributed by atoms with van der Waals surface area (Å²) in [5.41, 5.74) is 2.71. The Morgan fingerprint density at radius 3 is 2.78 bits per heavy atom. The maximum Gasteiger partial charge on any atom is 0.320 e. The highest BCUT2D eigenvalue weighted by Crippen LogP contribution is 2.32. The lowest BCUT2D eigenvalue weighted by molar-refractivity contribution is 0.247. The average molecular weight is 448 g/mol. The zero-order valence-electron chi connectivity index (χ0n) is 18.2. The van der Waals surface area contributed by atoms with Crippen LogP contribution in [0.25, 0.3) is 16.6 Å². The first-order valence-corrected chi connectivity index (χ1v) is 11.4. The van der Waals surface area contributed by atoms with Gasteiger partial charge in [-0.25, -0.2) is 14.5 Å². The quantitative estimate of drug-likeness (QED) is 0.498. The van der Waals surface area contributed by atoms with Crippen LogP contribution in [0.15, 0.2) is 48.9 Å². The molecule has 2 N–H and O–H groups in total. The molecule has 164 valence electrons. The molecule has 32 heavy (non-hydrogen) atoms.